The number of phenols is 1. The third kappa shape index (κ3) is 2.41. The van der Waals surface area contributed by atoms with Crippen molar-refractivity contribution in [1.82, 2.24) is 0 Å². The summed E-state index contributed by atoms with van der Waals surface area (Å²) in [7, 11) is 0. The number of benzene rings is 1. The van der Waals surface area contributed by atoms with Crippen LogP contribution in [0, 0.1) is 0 Å². The largest absolute Gasteiger partial charge is 0.506 e. The van der Waals surface area contributed by atoms with Crippen molar-refractivity contribution in [3.63, 3.8) is 0 Å². The fraction of sp³-hybridized carbons (Fsp3) is 0. The Bertz CT molecular complexity index is 169. The Labute approximate surface area is 74.2 Å². The van der Waals surface area contributed by atoms with Crippen molar-refractivity contribution in [2.45, 2.75) is 0 Å². The number of phenolic OH excluding ortho intramolecular Hbond substituents is 1. The Morgan fingerprint density at radius 2 is 1.78 bits per heavy atom. The van der Waals surface area contributed by atoms with Crippen molar-refractivity contribution < 1.29 is 27.5 Å². The summed E-state index contributed by atoms with van der Waals surface area (Å²) < 4.78 is 0. The molecule has 1 radical (unpaired) electrons. The molecule has 53 valence electrons. The predicted octanol–water partition coefficient (Wildman–Crippen LogP) is 2.04. The SMILES string of the molecule is Oc1ccccc1Cl.[Ag]. The summed E-state index contributed by atoms with van der Waals surface area (Å²) in [6.07, 6.45) is 0. The van der Waals surface area contributed by atoms with Gasteiger partial charge in [0.25, 0.3) is 0 Å². The summed E-state index contributed by atoms with van der Waals surface area (Å²) in [5, 5.41) is 9.18. The smallest absolute Gasteiger partial charge is 0.134 e. The first-order valence-electron chi connectivity index (χ1n) is 2.24. The minimum atomic E-state index is 0. The molecule has 1 N–H and O–H groups in total. The second-order valence-electron chi connectivity index (χ2n) is 1.45. The molecule has 0 fully saturated rings. The molecule has 0 heterocycles. The van der Waals surface area contributed by atoms with Gasteiger partial charge in [0, 0.05) is 22.4 Å². The van der Waals surface area contributed by atoms with Crippen LogP contribution in [0.2, 0.25) is 5.02 Å². The van der Waals surface area contributed by atoms with Gasteiger partial charge in [-0.2, -0.15) is 0 Å². The maximum atomic E-state index is 8.79. The van der Waals surface area contributed by atoms with E-state index in [0.717, 1.165) is 0 Å². The van der Waals surface area contributed by atoms with Crippen LogP contribution >= 0.6 is 11.6 Å². The van der Waals surface area contributed by atoms with Gasteiger partial charge in [0.1, 0.15) is 5.75 Å². The summed E-state index contributed by atoms with van der Waals surface area (Å²) in [6, 6.07) is 6.67. The molecular formula is C6H5AgClO. The quantitative estimate of drug-likeness (QED) is 0.684. The first kappa shape index (κ1) is 9.05. The van der Waals surface area contributed by atoms with E-state index >= 15 is 0 Å². The van der Waals surface area contributed by atoms with Crippen LogP contribution in [-0.4, -0.2) is 5.11 Å². The number of aromatic hydroxyl groups is 1. The van der Waals surface area contributed by atoms with Gasteiger partial charge in [0.05, 0.1) is 5.02 Å². The van der Waals surface area contributed by atoms with Crippen molar-refractivity contribution in [3.8, 4) is 5.75 Å². The van der Waals surface area contributed by atoms with Crippen molar-refractivity contribution >= 4 is 11.6 Å². The Hall–Kier alpha value is 0.0503. The minimum absolute atomic E-state index is 0. The van der Waals surface area contributed by atoms with E-state index in [1.165, 1.54) is 0 Å². The topological polar surface area (TPSA) is 20.2 Å². The number of rotatable bonds is 0. The second-order valence-corrected chi connectivity index (χ2v) is 1.86. The Balaban J connectivity index is 0.000000640. The summed E-state index contributed by atoms with van der Waals surface area (Å²) in [4.78, 5) is 0. The molecule has 0 saturated carbocycles. The molecule has 0 atom stereocenters. The third-order valence-corrected chi connectivity index (χ3v) is 1.17. The van der Waals surface area contributed by atoms with Gasteiger partial charge in [-0.1, -0.05) is 23.7 Å². The van der Waals surface area contributed by atoms with Crippen LogP contribution in [0.15, 0.2) is 24.3 Å². The summed E-state index contributed by atoms with van der Waals surface area (Å²) in [5.41, 5.74) is 0. The Morgan fingerprint density at radius 1 is 1.22 bits per heavy atom. The van der Waals surface area contributed by atoms with Crippen molar-refractivity contribution in [2.24, 2.45) is 0 Å². The van der Waals surface area contributed by atoms with Gasteiger partial charge in [-0.25, -0.2) is 0 Å². The van der Waals surface area contributed by atoms with Gasteiger partial charge >= 0.3 is 0 Å². The van der Waals surface area contributed by atoms with Gasteiger partial charge in [0.15, 0.2) is 0 Å². The number of hydrogen-bond acceptors (Lipinski definition) is 1. The van der Waals surface area contributed by atoms with E-state index in [-0.39, 0.29) is 28.1 Å². The average Bonchev–Trinajstić information content (AvgIpc) is 1.77. The number of hydrogen-bond donors (Lipinski definition) is 1. The molecule has 1 nitrogen and oxygen atoms in total. The van der Waals surface area contributed by atoms with Crippen LogP contribution < -0.4 is 0 Å². The van der Waals surface area contributed by atoms with Crippen LogP contribution in [-0.2, 0) is 22.4 Å². The van der Waals surface area contributed by atoms with Crippen LogP contribution in [0.4, 0.5) is 0 Å². The van der Waals surface area contributed by atoms with Gasteiger partial charge in [-0.15, -0.1) is 0 Å². The van der Waals surface area contributed by atoms with Gasteiger partial charge in [-0.05, 0) is 12.1 Å². The van der Waals surface area contributed by atoms with Gasteiger partial charge < -0.3 is 5.11 Å². The fourth-order valence-corrected chi connectivity index (χ4v) is 0.587. The molecule has 3 heteroatoms. The molecule has 0 aliphatic heterocycles. The van der Waals surface area contributed by atoms with Crippen molar-refractivity contribution in [2.75, 3.05) is 0 Å². The molecule has 1 aromatic carbocycles. The normalized spacial score (nSPS) is 8.11. The third-order valence-electron chi connectivity index (χ3n) is 0.852. The zero-order chi connectivity index (χ0) is 5.98. The van der Waals surface area contributed by atoms with E-state index < -0.39 is 0 Å². The van der Waals surface area contributed by atoms with Gasteiger partial charge in [-0.3, -0.25) is 0 Å². The van der Waals surface area contributed by atoms with Crippen LogP contribution in [0.5, 0.6) is 5.75 Å². The standard InChI is InChI=1S/C6H5ClO.Ag/c7-5-3-1-2-4-6(5)8;/h1-4,8H;. The summed E-state index contributed by atoms with van der Waals surface area (Å²) in [5.74, 6) is 0.133. The van der Waals surface area contributed by atoms with Crippen molar-refractivity contribution in [3.05, 3.63) is 29.3 Å². The van der Waals surface area contributed by atoms with Crippen LogP contribution in [0.3, 0.4) is 0 Å². The summed E-state index contributed by atoms with van der Waals surface area (Å²) in [6.45, 7) is 0. The second kappa shape index (κ2) is 3.96. The van der Waals surface area contributed by atoms with E-state index in [2.05, 4.69) is 0 Å². The number of halogens is 1. The average molecular weight is 236 g/mol. The number of para-hydroxylation sites is 1. The fourth-order valence-electron chi connectivity index (χ4n) is 0.452. The molecule has 1 rings (SSSR count). The molecule has 0 aliphatic rings. The Morgan fingerprint density at radius 3 is 2.11 bits per heavy atom. The van der Waals surface area contributed by atoms with Crippen LogP contribution in [0.25, 0.3) is 0 Å². The maximum Gasteiger partial charge on any atom is 0.134 e. The van der Waals surface area contributed by atoms with E-state index in [1.807, 2.05) is 0 Å². The van der Waals surface area contributed by atoms with Crippen LogP contribution in [0.1, 0.15) is 0 Å². The molecule has 9 heavy (non-hydrogen) atoms. The van der Waals surface area contributed by atoms with E-state index in [4.69, 9.17) is 16.7 Å². The maximum absolute atomic E-state index is 8.79. The molecule has 0 saturated heterocycles. The molecule has 0 bridgehead atoms. The molecular weight excluding hydrogens is 231 g/mol. The summed E-state index contributed by atoms with van der Waals surface area (Å²) >= 11 is 5.46. The molecule has 0 spiro atoms. The first-order chi connectivity index (χ1) is 3.80. The molecule has 0 unspecified atom stereocenters. The zero-order valence-corrected chi connectivity index (χ0v) is 6.67. The molecule has 0 aliphatic carbocycles. The minimum Gasteiger partial charge on any atom is -0.506 e. The van der Waals surface area contributed by atoms with E-state index in [9.17, 15) is 0 Å². The molecule has 1 aromatic rings. The molecule has 0 aromatic heterocycles. The predicted molar refractivity (Wildman–Crippen MR) is 33.1 cm³/mol. The van der Waals surface area contributed by atoms with Crippen molar-refractivity contribution in [1.29, 1.82) is 0 Å². The van der Waals surface area contributed by atoms with Gasteiger partial charge in [0.2, 0.25) is 0 Å². The molecule has 0 amide bonds. The first-order valence-corrected chi connectivity index (χ1v) is 2.62. The Kier molecular flexibility index (Phi) is 3.98. The zero-order valence-electron chi connectivity index (χ0n) is 4.44. The van der Waals surface area contributed by atoms with E-state index in [1.54, 1.807) is 24.3 Å². The van der Waals surface area contributed by atoms with E-state index in [0.29, 0.717) is 5.02 Å². The monoisotopic (exact) mass is 235 g/mol.